The maximum absolute atomic E-state index is 11.9. The summed E-state index contributed by atoms with van der Waals surface area (Å²) in [7, 11) is -1.22. The van der Waals surface area contributed by atoms with E-state index in [4.69, 9.17) is 5.11 Å². The second-order valence-corrected chi connectivity index (χ2v) is 6.84. The second kappa shape index (κ2) is 5.38. The van der Waals surface area contributed by atoms with Crippen molar-refractivity contribution in [3.05, 3.63) is 0 Å². The first-order chi connectivity index (χ1) is 8.51. The number of hydrogen-bond donors (Lipinski definition) is 1. The number of likely N-dealkylation sites (tertiary alicyclic amines) is 1. The summed E-state index contributed by atoms with van der Waals surface area (Å²) in [6, 6.07) is 0. The van der Waals surface area contributed by atoms with Gasteiger partial charge in [-0.3, -0.25) is 13.8 Å². The molecule has 1 aliphatic heterocycles. The van der Waals surface area contributed by atoms with Gasteiger partial charge in [0.05, 0.1) is 6.42 Å². The minimum Gasteiger partial charge on any atom is -0.481 e. The summed E-state index contributed by atoms with van der Waals surface area (Å²) in [4.78, 5) is 24.3. The molecule has 1 aliphatic carbocycles. The molecule has 1 atom stereocenters. The van der Waals surface area contributed by atoms with Gasteiger partial charge >= 0.3 is 5.97 Å². The number of carboxylic acid groups (broad SMARTS) is 1. The van der Waals surface area contributed by atoms with Gasteiger partial charge in [0.2, 0.25) is 5.91 Å². The van der Waals surface area contributed by atoms with E-state index in [9.17, 15) is 13.8 Å². The van der Waals surface area contributed by atoms with Crippen LogP contribution in [-0.2, 0) is 20.4 Å². The first kappa shape index (κ1) is 13.5. The first-order valence-electron chi connectivity index (χ1n) is 6.35. The van der Waals surface area contributed by atoms with Crippen molar-refractivity contribution in [2.24, 2.45) is 5.41 Å². The van der Waals surface area contributed by atoms with Crippen LogP contribution in [0.2, 0.25) is 0 Å². The summed E-state index contributed by atoms with van der Waals surface area (Å²) in [5.41, 5.74) is -0.290. The highest BCUT2D eigenvalue weighted by atomic mass is 32.2. The lowest BCUT2D eigenvalue weighted by atomic mass is 10.1. The van der Waals surface area contributed by atoms with Crippen LogP contribution in [0.25, 0.3) is 0 Å². The van der Waals surface area contributed by atoms with Crippen molar-refractivity contribution in [1.29, 1.82) is 0 Å². The number of rotatable bonds is 6. The SMILES string of the molecule is O=C(O)CC1(CS(=O)CC(=O)N2CCCC2)CC1. The molecule has 1 saturated heterocycles. The number of aliphatic carboxylic acids is 1. The number of hydrogen-bond acceptors (Lipinski definition) is 3. The zero-order valence-corrected chi connectivity index (χ0v) is 11.2. The Balaban J connectivity index is 1.78. The van der Waals surface area contributed by atoms with Crippen LogP contribution in [0.3, 0.4) is 0 Å². The van der Waals surface area contributed by atoms with Gasteiger partial charge < -0.3 is 10.0 Å². The van der Waals surface area contributed by atoms with Gasteiger partial charge in [-0.25, -0.2) is 0 Å². The van der Waals surface area contributed by atoms with Gasteiger partial charge in [0.1, 0.15) is 5.75 Å². The topological polar surface area (TPSA) is 74.7 Å². The van der Waals surface area contributed by atoms with Crippen LogP contribution in [0, 0.1) is 5.41 Å². The minimum absolute atomic E-state index is 0.0445. The van der Waals surface area contributed by atoms with Crippen LogP contribution >= 0.6 is 0 Å². The third-order valence-electron chi connectivity index (χ3n) is 3.69. The van der Waals surface area contributed by atoms with Gasteiger partial charge in [-0.2, -0.15) is 0 Å². The van der Waals surface area contributed by atoms with Crippen molar-refractivity contribution in [3.8, 4) is 0 Å². The Morgan fingerprint density at radius 3 is 2.33 bits per heavy atom. The fraction of sp³-hybridized carbons (Fsp3) is 0.833. The van der Waals surface area contributed by atoms with Crippen LogP contribution < -0.4 is 0 Å². The number of nitrogens with zero attached hydrogens (tertiary/aromatic N) is 1. The van der Waals surface area contributed by atoms with Crippen molar-refractivity contribution < 1.29 is 18.9 Å². The van der Waals surface area contributed by atoms with Crippen molar-refractivity contribution in [2.45, 2.75) is 32.1 Å². The molecule has 0 aromatic heterocycles. The molecule has 1 saturated carbocycles. The Labute approximate surface area is 109 Å². The summed E-state index contributed by atoms with van der Waals surface area (Å²) in [6.07, 6.45) is 3.78. The zero-order chi connectivity index (χ0) is 13.2. The molecule has 1 amide bonds. The lowest BCUT2D eigenvalue weighted by Gasteiger charge is -2.16. The lowest BCUT2D eigenvalue weighted by molar-refractivity contribution is -0.138. The molecule has 6 heteroatoms. The molecule has 1 heterocycles. The predicted octanol–water partition coefficient (Wildman–Crippen LogP) is 0.612. The van der Waals surface area contributed by atoms with Crippen molar-refractivity contribution in [1.82, 2.24) is 4.90 Å². The van der Waals surface area contributed by atoms with E-state index >= 15 is 0 Å². The van der Waals surface area contributed by atoms with Crippen LogP contribution in [0.15, 0.2) is 0 Å². The average molecular weight is 273 g/mol. The molecule has 2 fully saturated rings. The first-order valence-corrected chi connectivity index (χ1v) is 7.84. The van der Waals surface area contributed by atoms with E-state index in [2.05, 4.69) is 0 Å². The van der Waals surface area contributed by atoms with Gasteiger partial charge in [0.15, 0.2) is 0 Å². The number of carboxylic acids is 1. The third-order valence-corrected chi connectivity index (χ3v) is 5.20. The smallest absolute Gasteiger partial charge is 0.303 e. The van der Waals surface area contributed by atoms with E-state index in [1.54, 1.807) is 4.90 Å². The van der Waals surface area contributed by atoms with Crippen LogP contribution in [-0.4, -0.2) is 50.7 Å². The van der Waals surface area contributed by atoms with E-state index in [1.165, 1.54) is 0 Å². The molecular weight excluding hydrogens is 254 g/mol. The van der Waals surface area contributed by atoms with Crippen LogP contribution in [0.1, 0.15) is 32.1 Å². The normalized spacial score (nSPS) is 22.8. The molecule has 0 spiro atoms. The Morgan fingerprint density at radius 1 is 1.22 bits per heavy atom. The van der Waals surface area contributed by atoms with Gasteiger partial charge in [-0.1, -0.05) is 0 Å². The van der Waals surface area contributed by atoms with Gasteiger partial charge in [-0.15, -0.1) is 0 Å². The largest absolute Gasteiger partial charge is 0.481 e. The fourth-order valence-corrected chi connectivity index (χ4v) is 4.09. The van der Waals surface area contributed by atoms with E-state index in [1.807, 2.05) is 0 Å². The maximum Gasteiger partial charge on any atom is 0.303 e. The van der Waals surface area contributed by atoms with Gasteiger partial charge in [0.25, 0.3) is 0 Å². The summed E-state index contributed by atoms with van der Waals surface area (Å²) in [5, 5.41) is 8.78. The highest BCUT2D eigenvalue weighted by Gasteiger charge is 2.45. The summed E-state index contributed by atoms with van der Waals surface area (Å²) >= 11 is 0. The van der Waals surface area contributed by atoms with E-state index in [0.29, 0.717) is 5.75 Å². The average Bonchev–Trinajstić information content (AvgIpc) is 2.82. The highest BCUT2D eigenvalue weighted by Crippen LogP contribution is 2.49. The number of carbonyl (C=O) groups excluding carboxylic acids is 1. The van der Waals surface area contributed by atoms with E-state index in [0.717, 1.165) is 38.8 Å². The standard InChI is InChI=1S/C12H19NO4S/c14-10(13-5-1-2-6-13)8-18(17)9-12(3-4-12)7-11(15)16/h1-9H2,(H,15,16). The summed E-state index contributed by atoms with van der Waals surface area (Å²) in [6.45, 7) is 1.55. The lowest BCUT2D eigenvalue weighted by Crippen LogP contribution is -2.33. The Bertz CT molecular complexity index is 372. The highest BCUT2D eigenvalue weighted by molar-refractivity contribution is 7.85. The molecule has 5 nitrogen and oxygen atoms in total. The molecule has 102 valence electrons. The van der Waals surface area contributed by atoms with Crippen molar-refractivity contribution in [2.75, 3.05) is 24.6 Å². The van der Waals surface area contributed by atoms with Crippen LogP contribution in [0.5, 0.6) is 0 Å². The van der Waals surface area contributed by atoms with Crippen molar-refractivity contribution >= 4 is 22.7 Å². The fourth-order valence-electron chi connectivity index (χ4n) is 2.46. The van der Waals surface area contributed by atoms with E-state index < -0.39 is 16.8 Å². The molecule has 1 unspecified atom stereocenters. The number of carbonyl (C=O) groups is 2. The summed E-state index contributed by atoms with van der Waals surface area (Å²) in [5.74, 6) is -0.465. The Morgan fingerprint density at radius 2 is 1.83 bits per heavy atom. The Kier molecular flexibility index (Phi) is 4.04. The number of amides is 1. The zero-order valence-electron chi connectivity index (χ0n) is 10.4. The molecule has 0 aromatic carbocycles. The second-order valence-electron chi connectivity index (χ2n) is 5.39. The predicted molar refractivity (Wildman–Crippen MR) is 67.6 cm³/mol. The molecule has 0 bridgehead atoms. The molecular formula is C12H19NO4S. The van der Waals surface area contributed by atoms with Crippen LogP contribution in [0.4, 0.5) is 0 Å². The van der Waals surface area contributed by atoms with Crippen molar-refractivity contribution in [3.63, 3.8) is 0 Å². The molecule has 2 rings (SSSR count). The Hall–Kier alpha value is -0.910. The quantitative estimate of drug-likeness (QED) is 0.769. The van der Waals surface area contributed by atoms with Gasteiger partial charge in [0, 0.05) is 29.6 Å². The molecule has 2 aliphatic rings. The third kappa shape index (κ3) is 3.54. The molecule has 18 heavy (non-hydrogen) atoms. The van der Waals surface area contributed by atoms with E-state index in [-0.39, 0.29) is 23.5 Å². The monoisotopic (exact) mass is 273 g/mol. The minimum atomic E-state index is -1.22. The summed E-state index contributed by atoms with van der Waals surface area (Å²) < 4.78 is 11.9. The van der Waals surface area contributed by atoms with Gasteiger partial charge in [-0.05, 0) is 31.1 Å². The molecule has 0 radical (unpaired) electrons. The molecule has 0 aromatic rings. The maximum atomic E-state index is 11.9. The molecule has 1 N–H and O–H groups in total.